The normalized spacial score (nSPS) is 13.2. The van der Waals surface area contributed by atoms with E-state index in [0.29, 0.717) is 0 Å². The van der Waals surface area contributed by atoms with Crippen LogP contribution >= 0.6 is 0 Å². The number of hydrogen-bond donors (Lipinski definition) is 11. The average Bonchev–Trinajstić information content (AvgIpc) is 3.04. The van der Waals surface area contributed by atoms with Crippen molar-refractivity contribution in [2.75, 3.05) is 26.3 Å². The largest absolute Gasteiger partial charge is 0.508 e. The number of carbonyl (C=O) groups is 2. The molecule has 0 saturated carbocycles. The Kier molecular flexibility index (Phi) is 23.5. The van der Waals surface area contributed by atoms with E-state index in [9.17, 15) is 60.7 Å². The maximum atomic E-state index is 12.1. The Bertz CT molecular complexity index is 1250. The Morgan fingerprint density at radius 3 is 1.27 bits per heavy atom. The molecule has 0 aliphatic heterocycles. The van der Waals surface area contributed by atoms with Crippen LogP contribution < -0.4 is 5.32 Å². The maximum Gasteiger partial charge on any atom is 0.320 e. The molecule has 0 aliphatic carbocycles. The number of nitrogens with one attached hydrogen (secondary N) is 1. The van der Waals surface area contributed by atoms with E-state index in [1.165, 1.54) is 29.7 Å². The van der Waals surface area contributed by atoms with Crippen molar-refractivity contribution in [3.63, 3.8) is 0 Å². The first-order valence-electron chi connectivity index (χ1n) is 15.4. The second-order valence-electron chi connectivity index (χ2n) is 10.4. The molecule has 0 aliphatic rings. The summed E-state index contributed by atoms with van der Waals surface area (Å²) in [7, 11) is 0. The maximum absolute atomic E-state index is 12.1. The Balaban J connectivity index is 0. The van der Waals surface area contributed by atoms with Crippen LogP contribution in [0.1, 0.15) is 63.8 Å². The summed E-state index contributed by atoms with van der Waals surface area (Å²) in [6.07, 6.45) is 0. The number of aliphatic carboxylic acids is 2. The van der Waals surface area contributed by atoms with Gasteiger partial charge in [-0.25, -0.2) is 0 Å². The molecule has 0 radical (unpaired) electrons. The summed E-state index contributed by atoms with van der Waals surface area (Å²) in [4.78, 5) is 26.5. The van der Waals surface area contributed by atoms with Crippen LogP contribution in [0.2, 0.25) is 0 Å². The van der Waals surface area contributed by atoms with Gasteiger partial charge in [0, 0.05) is 58.5 Å². The number of rotatable bonds is 17. The Morgan fingerprint density at radius 1 is 0.625 bits per heavy atom. The van der Waals surface area contributed by atoms with Crippen molar-refractivity contribution < 1.29 is 77.7 Å². The average molecular weight is 728 g/mol. The fourth-order valence-electron chi connectivity index (χ4n) is 4.75. The van der Waals surface area contributed by atoms with Gasteiger partial charge in [-0.05, 0) is 45.1 Å². The van der Waals surface area contributed by atoms with Crippen molar-refractivity contribution in [2.45, 2.75) is 92.0 Å². The SMILES string of the molecule is CC.CC(C(=O)O)N(Cc1cc(O)c(CO)cc1O)[C@H](CO)C(CO)N(Cc1cc(CO)c(O)cc1O)[C@H](C)C(=O)O.CCNCC.[Fe]. The smallest absolute Gasteiger partial charge is 0.320 e. The van der Waals surface area contributed by atoms with Gasteiger partial charge in [-0.3, -0.25) is 19.4 Å². The van der Waals surface area contributed by atoms with Crippen LogP contribution in [0.4, 0.5) is 0 Å². The fourth-order valence-corrected chi connectivity index (χ4v) is 4.75. The topological polar surface area (TPSA) is 255 Å². The number of nitrogens with zero attached hydrogens (tertiary/aromatic N) is 2. The molecule has 0 spiro atoms. The molecule has 0 heterocycles. The molecule has 0 bridgehead atoms. The third kappa shape index (κ3) is 13.4. The van der Waals surface area contributed by atoms with Gasteiger partial charge in [-0.2, -0.15) is 0 Å². The number of aromatic hydroxyl groups is 4. The fraction of sp³-hybridized carbons (Fsp3) is 0.562. The second kappa shape index (κ2) is 24.0. The minimum absolute atomic E-state index is 0. The summed E-state index contributed by atoms with van der Waals surface area (Å²) < 4.78 is 0. The predicted molar refractivity (Wildman–Crippen MR) is 174 cm³/mol. The van der Waals surface area contributed by atoms with Gasteiger partial charge in [0.2, 0.25) is 0 Å². The van der Waals surface area contributed by atoms with E-state index in [4.69, 9.17) is 0 Å². The third-order valence-corrected chi connectivity index (χ3v) is 7.49. The first kappa shape index (κ1) is 46.9. The zero-order valence-corrected chi connectivity index (χ0v) is 29.4. The standard InChI is InChI=1S/C26H36N2O12.C4H11N.C2H6.Fe/c1-13(25(37)38)27(7-15-3-17(9-29)24(36)6-23(15)35)19(11-31)20(12-32)28(14(2)26(39)40)8-16-4-22(34)18(10-30)5-21(16)33;1-3-5-4-2;1-2;/h3-6,13-14,19-20,29-36H,7-12H2,1-2H3,(H,37,38)(H,39,40);5H,3-4H2,1-2H3;1-2H3;/t13-,14?,19?,20-;;;/m1.../s1. The summed E-state index contributed by atoms with van der Waals surface area (Å²) in [5.41, 5.74) is 0.158. The molecule has 2 aromatic carbocycles. The summed E-state index contributed by atoms with van der Waals surface area (Å²) in [6.45, 7) is 9.48. The quantitative estimate of drug-likeness (QED) is 0.0806. The minimum Gasteiger partial charge on any atom is -0.508 e. The first-order valence-corrected chi connectivity index (χ1v) is 15.4. The molecule has 0 fully saturated rings. The molecule has 11 N–H and O–H groups in total. The molecule has 0 saturated heterocycles. The van der Waals surface area contributed by atoms with Crippen LogP contribution in [0.15, 0.2) is 24.3 Å². The van der Waals surface area contributed by atoms with Crippen LogP contribution in [0.5, 0.6) is 23.0 Å². The van der Waals surface area contributed by atoms with Gasteiger partial charge in [-0.1, -0.05) is 27.7 Å². The van der Waals surface area contributed by atoms with Crippen molar-refractivity contribution in [1.82, 2.24) is 15.1 Å². The first-order chi connectivity index (χ1) is 22.2. The monoisotopic (exact) mass is 727 g/mol. The second-order valence-corrected chi connectivity index (χ2v) is 10.4. The molecule has 16 heteroatoms. The van der Waals surface area contributed by atoms with Crippen LogP contribution in [0.25, 0.3) is 0 Å². The molecule has 48 heavy (non-hydrogen) atoms. The van der Waals surface area contributed by atoms with Crippen LogP contribution in [0.3, 0.4) is 0 Å². The molecule has 4 atom stereocenters. The van der Waals surface area contributed by atoms with E-state index in [-0.39, 0.29) is 63.9 Å². The molecular formula is C32H53FeN3O12. The Morgan fingerprint density at radius 2 is 0.938 bits per heavy atom. The summed E-state index contributed by atoms with van der Waals surface area (Å²) in [5, 5.41) is 103. The zero-order chi connectivity index (χ0) is 36.4. The molecule has 2 aromatic rings. The van der Waals surface area contributed by atoms with Crippen molar-refractivity contribution in [1.29, 1.82) is 0 Å². The van der Waals surface area contributed by atoms with Gasteiger partial charge in [0.25, 0.3) is 0 Å². The Labute approximate surface area is 292 Å². The van der Waals surface area contributed by atoms with Gasteiger partial charge in [0.05, 0.1) is 38.5 Å². The molecule has 0 aromatic heterocycles. The van der Waals surface area contributed by atoms with Crippen LogP contribution in [0, 0.1) is 0 Å². The van der Waals surface area contributed by atoms with Gasteiger partial charge in [-0.15, -0.1) is 0 Å². The number of phenolic OH excluding ortho intramolecular Hbond substituents is 2. The van der Waals surface area contributed by atoms with E-state index >= 15 is 0 Å². The van der Waals surface area contributed by atoms with Gasteiger partial charge in [0.15, 0.2) is 0 Å². The van der Waals surface area contributed by atoms with E-state index in [0.717, 1.165) is 31.3 Å². The number of aliphatic hydroxyl groups is 4. The molecular weight excluding hydrogens is 674 g/mol. The molecule has 0 amide bonds. The summed E-state index contributed by atoms with van der Waals surface area (Å²) in [5.74, 6) is -4.27. The molecule has 276 valence electrons. The Hall–Kier alpha value is -3.18. The van der Waals surface area contributed by atoms with Crippen molar-refractivity contribution in [3.05, 3.63) is 46.5 Å². The van der Waals surface area contributed by atoms with Crippen molar-refractivity contribution in [2.24, 2.45) is 0 Å². The predicted octanol–water partition coefficient (Wildman–Crippen LogP) is 1.11. The van der Waals surface area contributed by atoms with Gasteiger partial charge >= 0.3 is 11.9 Å². The van der Waals surface area contributed by atoms with E-state index in [1.54, 1.807) is 0 Å². The minimum atomic E-state index is -1.35. The van der Waals surface area contributed by atoms with Crippen LogP contribution in [-0.2, 0) is 53.0 Å². The molecule has 15 nitrogen and oxygen atoms in total. The number of carboxylic acids is 2. The van der Waals surface area contributed by atoms with Crippen molar-refractivity contribution in [3.8, 4) is 23.0 Å². The molecule has 2 unspecified atom stereocenters. The van der Waals surface area contributed by atoms with E-state index < -0.39 is 74.0 Å². The third-order valence-electron chi connectivity index (χ3n) is 7.49. The van der Waals surface area contributed by atoms with Gasteiger partial charge < -0.3 is 56.4 Å². The van der Waals surface area contributed by atoms with Crippen LogP contribution in [-0.4, -0.2) is 123 Å². The number of carboxylic acid groups (broad SMARTS) is 2. The number of benzene rings is 2. The summed E-state index contributed by atoms with van der Waals surface area (Å²) in [6, 6.07) is -0.813. The number of hydrogen-bond acceptors (Lipinski definition) is 13. The van der Waals surface area contributed by atoms with E-state index in [2.05, 4.69) is 19.2 Å². The van der Waals surface area contributed by atoms with E-state index in [1.807, 2.05) is 13.8 Å². The number of aliphatic hydroxyl groups excluding tert-OH is 4. The summed E-state index contributed by atoms with van der Waals surface area (Å²) >= 11 is 0. The number of phenols is 4. The van der Waals surface area contributed by atoms with Gasteiger partial charge in [0.1, 0.15) is 35.1 Å². The molecule has 2 rings (SSSR count). The van der Waals surface area contributed by atoms with Crippen molar-refractivity contribution >= 4 is 11.9 Å². The zero-order valence-electron chi connectivity index (χ0n) is 28.3.